The fourth-order valence-corrected chi connectivity index (χ4v) is 2.34. The third kappa shape index (κ3) is 6.53. The van der Waals surface area contributed by atoms with Crippen LogP contribution in [-0.2, 0) is 6.54 Å². The average molecular weight is 456 g/mol. The van der Waals surface area contributed by atoms with Crippen molar-refractivity contribution in [2.75, 3.05) is 25.5 Å². The number of halogens is 2. The van der Waals surface area contributed by atoms with Gasteiger partial charge in [-0.1, -0.05) is 36.4 Å². The van der Waals surface area contributed by atoms with Crippen LogP contribution in [0.25, 0.3) is 0 Å². The van der Waals surface area contributed by atoms with E-state index in [0.29, 0.717) is 18.1 Å². The largest absolute Gasteiger partial charge is 0.370 e. The highest BCUT2D eigenvalue weighted by atomic mass is 127. The second-order valence-corrected chi connectivity index (χ2v) is 5.69. The fraction of sp³-hybridized carbons (Fsp3) is 0.316. The van der Waals surface area contributed by atoms with Gasteiger partial charge in [0.05, 0.1) is 0 Å². The van der Waals surface area contributed by atoms with Crippen molar-refractivity contribution >= 4 is 35.6 Å². The number of nitrogens with one attached hydrogen (secondary N) is 2. The molecule has 0 radical (unpaired) electrons. The van der Waals surface area contributed by atoms with Crippen molar-refractivity contribution in [3.8, 4) is 0 Å². The molecule has 0 aliphatic carbocycles. The summed E-state index contributed by atoms with van der Waals surface area (Å²) in [6.45, 7) is 3.27. The molecule has 2 aromatic carbocycles. The van der Waals surface area contributed by atoms with Crippen LogP contribution in [-0.4, -0.2) is 32.6 Å². The van der Waals surface area contributed by atoms with Gasteiger partial charge in [0, 0.05) is 44.5 Å². The minimum atomic E-state index is -0.211. The van der Waals surface area contributed by atoms with E-state index in [2.05, 4.69) is 46.6 Å². The molecule has 2 N–H and O–H groups in total. The minimum Gasteiger partial charge on any atom is -0.370 e. The Morgan fingerprint density at radius 3 is 2.36 bits per heavy atom. The first-order chi connectivity index (χ1) is 11.6. The van der Waals surface area contributed by atoms with Crippen LogP contribution in [0.3, 0.4) is 0 Å². The molecule has 0 saturated carbocycles. The van der Waals surface area contributed by atoms with Crippen LogP contribution in [0.15, 0.2) is 59.6 Å². The molecular weight excluding hydrogens is 430 g/mol. The Balaban J connectivity index is 0.00000312. The zero-order valence-corrected chi connectivity index (χ0v) is 17.2. The van der Waals surface area contributed by atoms with Gasteiger partial charge in [0.15, 0.2) is 5.96 Å². The summed E-state index contributed by atoms with van der Waals surface area (Å²) < 4.78 is 13.6. The maximum atomic E-state index is 13.6. The lowest BCUT2D eigenvalue weighted by atomic mass is 10.2. The third-order valence-corrected chi connectivity index (χ3v) is 4.02. The van der Waals surface area contributed by atoms with Crippen LogP contribution in [0.4, 0.5) is 10.1 Å². The van der Waals surface area contributed by atoms with Crippen molar-refractivity contribution in [3.05, 3.63) is 66.0 Å². The topological polar surface area (TPSA) is 39.7 Å². The highest BCUT2D eigenvalue weighted by Gasteiger charge is 2.10. The van der Waals surface area contributed by atoms with E-state index in [9.17, 15) is 4.39 Å². The summed E-state index contributed by atoms with van der Waals surface area (Å²) in [4.78, 5) is 6.40. The molecule has 0 heterocycles. The maximum Gasteiger partial charge on any atom is 0.191 e. The molecule has 0 aliphatic rings. The Morgan fingerprint density at radius 2 is 1.72 bits per heavy atom. The molecule has 1 unspecified atom stereocenters. The number of likely N-dealkylation sites (N-methyl/N-ethyl adjacent to an activating group) is 1. The Hall–Kier alpha value is -1.83. The summed E-state index contributed by atoms with van der Waals surface area (Å²) >= 11 is 0. The molecular formula is C19H26FIN4. The molecule has 0 spiro atoms. The normalized spacial score (nSPS) is 12.1. The lowest BCUT2D eigenvalue weighted by Gasteiger charge is -2.27. The van der Waals surface area contributed by atoms with Crippen molar-refractivity contribution in [2.24, 2.45) is 4.99 Å². The fourth-order valence-electron chi connectivity index (χ4n) is 2.34. The number of rotatable bonds is 6. The van der Waals surface area contributed by atoms with Crippen LogP contribution in [0.2, 0.25) is 0 Å². The van der Waals surface area contributed by atoms with Crippen molar-refractivity contribution in [1.29, 1.82) is 0 Å². The maximum absolute atomic E-state index is 13.6. The molecule has 0 aromatic heterocycles. The highest BCUT2D eigenvalue weighted by Crippen LogP contribution is 2.13. The van der Waals surface area contributed by atoms with Gasteiger partial charge in [0.1, 0.15) is 5.82 Å². The Labute approximate surface area is 166 Å². The molecule has 0 saturated heterocycles. The quantitative estimate of drug-likeness (QED) is 0.396. The molecule has 4 nitrogen and oxygen atoms in total. The predicted molar refractivity (Wildman–Crippen MR) is 114 cm³/mol. The standard InChI is InChI=1S/C19H25FN4.HI/c1-15(24(3)17-10-5-4-6-11-17)13-22-19(21-2)23-14-16-9-7-8-12-18(16)20;/h4-12,15H,13-14H2,1-3H3,(H2,21,22,23);1H. The molecule has 1 atom stereocenters. The number of benzene rings is 2. The van der Waals surface area contributed by atoms with E-state index in [1.807, 2.05) is 24.3 Å². The molecule has 0 fully saturated rings. The van der Waals surface area contributed by atoms with Gasteiger partial charge in [-0.15, -0.1) is 24.0 Å². The number of aliphatic imine (C=N–C) groups is 1. The van der Waals surface area contributed by atoms with E-state index in [1.165, 1.54) is 11.8 Å². The van der Waals surface area contributed by atoms with Gasteiger partial charge in [0.2, 0.25) is 0 Å². The molecule has 2 rings (SSSR count). The van der Waals surface area contributed by atoms with Gasteiger partial charge >= 0.3 is 0 Å². The van der Waals surface area contributed by atoms with E-state index >= 15 is 0 Å². The number of guanidine groups is 1. The summed E-state index contributed by atoms with van der Waals surface area (Å²) in [5.74, 6) is 0.448. The van der Waals surface area contributed by atoms with Gasteiger partial charge in [-0.25, -0.2) is 4.39 Å². The number of anilines is 1. The smallest absolute Gasteiger partial charge is 0.191 e. The van der Waals surface area contributed by atoms with E-state index < -0.39 is 0 Å². The zero-order valence-electron chi connectivity index (χ0n) is 14.9. The van der Waals surface area contributed by atoms with Crippen molar-refractivity contribution in [2.45, 2.75) is 19.5 Å². The van der Waals surface area contributed by atoms with Gasteiger partial charge in [-0.05, 0) is 25.1 Å². The Morgan fingerprint density at radius 1 is 1.08 bits per heavy atom. The van der Waals surface area contributed by atoms with Crippen LogP contribution < -0.4 is 15.5 Å². The number of nitrogens with zero attached hydrogens (tertiary/aromatic N) is 2. The minimum absolute atomic E-state index is 0. The first-order valence-corrected chi connectivity index (χ1v) is 8.07. The summed E-state index contributed by atoms with van der Waals surface area (Å²) in [5, 5.41) is 6.43. The lowest BCUT2D eigenvalue weighted by molar-refractivity contribution is 0.602. The third-order valence-electron chi connectivity index (χ3n) is 4.02. The summed E-state index contributed by atoms with van der Waals surface area (Å²) in [6, 6.07) is 17.3. The number of hydrogen-bond donors (Lipinski definition) is 2. The molecule has 0 amide bonds. The van der Waals surface area contributed by atoms with Gasteiger partial charge < -0.3 is 15.5 Å². The average Bonchev–Trinajstić information content (AvgIpc) is 2.63. The van der Waals surface area contributed by atoms with Crippen LogP contribution in [0.5, 0.6) is 0 Å². The van der Waals surface area contributed by atoms with Crippen LogP contribution in [0, 0.1) is 5.82 Å². The van der Waals surface area contributed by atoms with Gasteiger partial charge in [-0.2, -0.15) is 0 Å². The predicted octanol–water partition coefficient (Wildman–Crippen LogP) is 3.63. The summed E-state index contributed by atoms with van der Waals surface area (Å²) in [6.07, 6.45) is 0. The van der Waals surface area contributed by atoms with Crippen molar-refractivity contribution in [3.63, 3.8) is 0 Å². The van der Waals surface area contributed by atoms with E-state index in [1.54, 1.807) is 19.2 Å². The molecule has 0 bridgehead atoms. The van der Waals surface area contributed by atoms with Gasteiger partial charge in [0.25, 0.3) is 0 Å². The molecule has 2 aromatic rings. The first-order valence-electron chi connectivity index (χ1n) is 8.07. The number of hydrogen-bond acceptors (Lipinski definition) is 2. The Bertz CT molecular complexity index is 663. The summed E-state index contributed by atoms with van der Waals surface area (Å²) in [7, 11) is 3.78. The van der Waals surface area contributed by atoms with Crippen molar-refractivity contribution < 1.29 is 4.39 Å². The SMILES string of the molecule is CN=C(NCc1ccccc1F)NCC(C)N(C)c1ccccc1.I. The lowest BCUT2D eigenvalue weighted by Crippen LogP contribution is -2.44. The van der Waals surface area contributed by atoms with Crippen LogP contribution in [0.1, 0.15) is 12.5 Å². The monoisotopic (exact) mass is 456 g/mol. The highest BCUT2D eigenvalue weighted by molar-refractivity contribution is 14.0. The molecule has 0 aliphatic heterocycles. The van der Waals surface area contributed by atoms with E-state index in [0.717, 1.165) is 6.54 Å². The van der Waals surface area contributed by atoms with Crippen molar-refractivity contribution in [1.82, 2.24) is 10.6 Å². The Kier molecular flexibility index (Phi) is 9.26. The zero-order chi connectivity index (χ0) is 17.4. The van der Waals surface area contributed by atoms with E-state index in [4.69, 9.17) is 0 Å². The number of para-hydroxylation sites is 1. The van der Waals surface area contributed by atoms with E-state index in [-0.39, 0.29) is 35.8 Å². The second-order valence-electron chi connectivity index (χ2n) is 5.69. The van der Waals surface area contributed by atoms with Gasteiger partial charge in [-0.3, -0.25) is 4.99 Å². The second kappa shape index (κ2) is 10.9. The van der Waals surface area contributed by atoms with Crippen LogP contribution >= 0.6 is 24.0 Å². The molecule has 136 valence electrons. The summed E-state index contributed by atoms with van der Waals surface area (Å²) in [5.41, 5.74) is 1.79. The first kappa shape index (κ1) is 21.2. The molecule has 6 heteroatoms. The molecule has 25 heavy (non-hydrogen) atoms.